The van der Waals surface area contributed by atoms with Crippen LogP contribution in [0.1, 0.15) is 24.4 Å². The van der Waals surface area contributed by atoms with E-state index in [1.54, 1.807) is 16.3 Å². The highest BCUT2D eigenvalue weighted by atomic mass is 32.2. The Morgan fingerprint density at radius 1 is 1.14 bits per heavy atom. The van der Waals surface area contributed by atoms with Crippen molar-refractivity contribution < 1.29 is 4.79 Å². The molecule has 150 valence electrons. The smallest absolute Gasteiger partial charge is 0.262 e. The Kier molecular flexibility index (Phi) is 6.25. The molecule has 3 aromatic rings. The Hall–Kier alpha value is -2.25. The van der Waals surface area contributed by atoms with Gasteiger partial charge in [0.1, 0.15) is 0 Å². The molecule has 1 amide bonds. The highest BCUT2D eigenvalue weighted by molar-refractivity contribution is 7.99. The molecular weight excluding hydrogens is 402 g/mol. The molecule has 0 spiro atoms. The summed E-state index contributed by atoms with van der Waals surface area (Å²) in [7, 11) is 0. The number of carbonyl (C=O) groups is 1. The van der Waals surface area contributed by atoms with E-state index in [1.165, 1.54) is 22.2 Å². The van der Waals surface area contributed by atoms with Crippen molar-refractivity contribution in [1.29, 1.82) is 0 Å². The van der Waals surface area contributed by atoms with Crippen molar-refractivity contribution in [2.75, 3.05) is 18.1 Å². The summed E-state index contributed by atoms with van der Waals surface area (Å²) in [5.41, 5.74) is 1.92. The van der Waals surface area contributed by atoms with Gasteiger partial charge in [-0.25, -0.2) is 4.98 Å². The van der Waals surface area contributed by atoms with Crippen LogP contribution in [0, 0.1) is 6.92 Å². The van der Waals surface area contributed by atoms with E-state index < -0.39 is 0 Å². The first-order valence-corrected chi connectivity index (χ1v) is 11.7. The average Bonchev–Trinajstić information content (AvgIpc) is 3.56. The minimum Gasteiger partial charge on any atom is -0.355 e. The number of para-hydroxylation sites is 1. The molecule has 2 aromatic carbocycles. The number of rotatable bonds is 8. The summed E-state index contributed by atoms with van der Waals surface area (Å²) < 4.78 is 1.77. The fourth-order valence-electron chi connectivity index (χ4n) is 3.06. The number of carbonyl (C=O) groups excluding carboxylic acids is 1. The van der Waals surface area contributed by atoms with Crippen LogP contribution >= 0.6 is 23.5 Å². The van der Waals surface area contributed by atoms with Gasteiger partial charge in [0, 0.05) is 23.2 Å². The van der Waals surface area contributed by atoms with Gasteiger partial charge in [-0.1, -0.05) is 41.6 Å². The molecule has 1 heterocycles. The zero-order chi connectivity index (χ0) is 20.2. The quantitative estimate of drug-likeness (QED) is 0.335. The Labute approximate surface area is 178 Å². The van der Waals surface area contributed by atoms with Gasteiger partial charge < -0.3 is 5.32 Å². The maximum Gasteiger partial charge on any atom is 0.262 e. The number of hydrogen-bond acceptors (Lipinski definition) is 5. The maximum atomic E-state index is 12.8. The molecule has 7 heteroatoms. The van der Waals surface area contributed by atoms with E-state index in [4.69, 9.17) is 0 Å². The first-order valence-electron chi connectivity index (χ1n) is 9.72. The molecule has 4 rings (SSSR count). The summed E-state index contributed by atoms with van der Waals surface area (Å²) in [6.45, 7) is 2.68. The van der Waals surface area contributed by atoms with Gasteiger partial charge in [-0.2, -0.15) is 0 Å². The number of aromatic nitrogens is 2. The van der Waals surface area contributed by atoms with Gasteiger partial charge in [0.05, 0.1) is 16.7 Å². The fourth-order valence-corrected chi connectivity index (χ4v) is 4.72. The lowest BCUT2D eigenvalue weighted by atomic mass is 10.2. The second kappa shape index (κ2) is 9.05. The lowest BCUT2D eigenvalue weighted by Gasteiger charge is -2.12. The SMILES string of the molecule is Cc1ccc(SCCNC(=O)CSc2nc3ccccc3c(=O)n2C2CC2)cc1. The van der Waals surface area contributed by atoms with E-state index in [-0.39, 0.29) is 23.3 Å². The number of nitrogens with zero attached hydrogens (tertiary/aromatic N) is 2. The lowest BCUT2D eigenvalue weighted by molar-refractivity contribution is -0.118. The molecule has 0 atom stereocenters. The van der Waals surface area contributed by atoms with E-state index >= 15 is 0 Å². The zero-order valence-corrected chi connectivity index (χ0v) is 17.9. The standard InChI is InChI=1S/C22H23N3O2S2/c1-15-6-10-17(11-7-15)28-13-12-23-20(26)14-29-22-24-19-5-3-2-4-18(19)21(27)25(22)16-8-9-16/h2-7,10-11,16H,8-9,12-14H2,1H3,(H,23,26). The molecule has 0 saturated heterocycles. The second-order valence-corrected chi connectivity index (χ2v) is 9.23. The van der Waals surface area contributed by atoms with Crippen molar-refractivity contribution in [2.45, 2.75) is 35.9 Å². The van der Waals surface area contributed by atoms with Crippen LogP contribution in [0.4, 0.5) is 0 Å². The molecule has 5 nitrogen and oxygen atoms in total. The minimum absolute atomic E-state index is 0.00416. The minimum atomic E-state index is -0.0377. The lowest BCUT2D eigenvalue weighted by Crippen LogP contribution is -2.28. The van der Waals surface area contributed by atoms with E-state index in [2.05, 4.69) is 41.5 Å². The van der Waals surface area contributed by atoms with Crippen LogP contribution in [0.2, 0.25) is 0 Å². The molecule has 1 aliphatic carbocycles. The van der Waals surface area contributed by atoms with Crippen molar-refractivity contribution in [2.24, 2.45) is 0 Å². The summed E-state index contributed by atoms with van der Waals surface area (Å²) >= 11 is 3.07. The number of fused-ring (bicyclic) bond motifs is 1. The molecule has 0 aliphatic heterocycles. The number of benzene rings is 2. The molecule has 1 N–H and O–H groups in total. The average molecular weight is 426 g/mol. The summed E-state index contributed by atoms with van der Waals surface area (Å²) in [5.74, 6) is 1.04. The van der Waals surface area contributed by atoms with Gasteiger partial charge in [0.15, 0.2) is 5.16 Å². The first-order chi connectivity index (χ1) is 14.1. The van der Waals surface area contributed by atoms with Gasteiger partial charge in [0.25, 0.3) is 5.56 Å². The van der Waals surface area contributed by atoms with Crippen molar-refractivity contribution in [3.8, 4) is 0 Å². The highest BCUT2D eigenvalue weighted by Gasteiger charge is 2.28. The highest BCUT2D eigenvalue weighted by Crippen LogP contribution is 2.36. The Morgan fingerprint density at radius 2 is 1.90 bits per heavy atom. The Balaban J connectivity index is 1.33. The third-order valence-electron chi connectivity index (χ3n) is 4.73. The van der Waals surface area contributed by atoms with Gasteiger partial charge in [-0.05, 0) is 44.0 Å². The van der Waals surface area contributed by atoms with Crippen molar-refractivity contribution in [3.63, 3.8) is 0 Å². The first kappa shape index (κ1) is 20.0. The fraction of sp³-hybridized carbons (Fsp3) is 0.318. The third-order valence-corrected chi connectivity index (χ3v) is 6.70. The molecule has 1 fully saturated rings. The van der Waals surface area contributed by atoms with E-state index in [1.807, 2.05) is 24.3 Å². The normalized spacial score (nSPS) is 13.6. The summed E-state index contributed by atoms with van der Waals surface area (Å²) in [6.07, 6.45) is 1.99. The topological polar surface area (TPSA) is 64.0 Å². The maximum absolute atomic E-state index is 12.8. The number of amides is 1. The molecule has 1 aromatic heterocycles. The van der Waals surface area contributed by atoms with Crippen molar-refractivity contribution >= 4 is 40.3 Å². The molecule has 29 heavy (non-hydrogen) atoms. The van der Waals surface area contributed by atoms with Crippen LogP contribution in [0.15, 0.2) is 63.4 Å². The van der Waals surface area contributed by atoms with Crippen molar-refractivity contribution in [3.05, 3.63) is 64.4 Å². The number of hydrogen-bond donors (Lipinski definition) is 1. The molecular formula is C22H23N3O2S2. The van der Waals surface area contributed by atoms with Crippen LogP contribution in [-0.4, -0.2) is 33.5 Å². The second-order valence-electron chi connectivity index (χ2n) is 7.12. The number of aryl methyl sites for hydroxylation is 1. The van der Waals surface area contributed by atoms with E-state index in [0.717, 1.165) is 18.6 Å². The zero-order valence-electron chi connectivity index (χ0n) is 16.3. The van der Waals surface area contributed by atoms with Crippen LogP contribution in [-0.2, 0) is 4.79 Å². The number of thioether (sulfide) groups is 2. The third kappa shape index (κ3) is 5.03. The predicted molar refractivity (Wildman–Crippen MR) is 120 cm³/mol. The van der Waals surface area contributed by atoms with E-state index in [9.17, 15) is 9.59 Å². The number of nitrogens with one attached hydrogen (secondary N) is 1. The molecule has 1 aliphatic rings. The summed E-state index contributed by atoms with van der Waals surface area (Å²) in [4.78, 5) is 31.0. The predicted octanol–water partition coefficient (Wildman–Crippen LogP) is 4.04. The van der Waals surface area contributed by atoms with Crippen molar-refractivity contribution in [1.82, 2.24) is 14.9 Å². The van der Waals surface area contributed by atoms with Crippen LogP contribution in [0.5, 0.6) is 0 Å². The van der Waals surface area contributed by atoms with Gasteiger partial charge in [-0.3, -0.25) is 14.2 Å². The Morgan fingerprint density at radius 3 is 2.66 bits per heavy atom. The Bertz CT molecular complexity index is 1080. The summed E-state index contributed by atoms with van der Waals surface area (Å²) in [6, 6.07) is 16.0. The van der Waals surface area contributed by atoms with Crippen LogP contribution < -0.4 is 10.9 Å². The van der Waals surface area contributed by atoms with Crippen LogP contribution in [0.3, 0.4) is 0 Å². The van der Waals surface area contributed by atoms with E-state index in [0.29, 0.717) is 22.6 Å². The van der Waals surface area contributed by atoms with Gasteiger partial charge >= 0.3 is 0 Å². The molecule has 0 unspecified atom stereocenters. The molecule has 1 saturated carbocycles. The largest absolute Gasteiger partial charge is 0.355 e. The van der Waals surface area contributed by atoms with Gasteiger partial charge in [0.2, 0.25) is 5.91 Å². The molecule has 0 bridgehead atoms. The van der Waals surface area contributed by atoms with Gasteiger partial charge in [-0.15, -0.1) is 11.8 Å². The molecule has 0 radical (unpaired) electrons. The van der Waals surface area contributed by atoms with Crippen LogP contribution in [0.25, 0.3) is 10.9 Å². The summed E-state index contributed by atoms with van der Waals surface area (Å²) in [5, 5.41) is 4.23. The monoisotopic (exact) mass is 425 g/mol.